The molecule has 3 aromatic rings. The minimum atomic E-state index is -1.01. The molecule has 3 aromatic carbocycles. The van der Waals surface area contributed by atoms with Crippen LogP contribution in [0.5, 0.6) is 11.5 Å². The molecule has 0 aliphatic heterocycles. The molecule has 0 aliphatic carbocycles. The number of thiol groups is 1. The topological polar surface area (TPSA) is 120 Å². The average Bonchev–Trinajstić information content (AvgIpc) is 2.95. The summed E-state index contributed by atoms with van der Waals surface area (Å²) in [6.45, 7) is 1.27. The van der Waals surface area contributed by atoms with Gasteiger partial charge in [-0.25, -0.2) is 4.79 Å². The molecule has 0 aliphatic rings. The van der Waals surface area contributed by atoms with Crippen molar-refractivity contribution >= 4 is 36.2 Å². The number of anilines is 1. The van der Waals surface area contributed by atoms with Crippen molar-refractivity contribution in [1.29, 1.82) is 0 Å². The number of aliphatic hydroxyl groups excluding tert-OH is 1. The van der Waals surface area contributed by atoms with Gasteiger partial charge >= 0.3 is 12.1 Å². The molecular formula is C29H31NO8S. The van der Waals surface area contributed by atoms with Crippen LogP contribution >= 0.6 is 12.6 Å². The van der Waals surface area contributed by atoms with Crippen LogP contribution in [0.1, 0.15) is 35.4 Å². The molecule has 0 unspecified atom stereocenters. The van der Waals surface area contributed by atoms with Crippen LogP contribution in [0.25, 0.3) is 0 Å². The predicted octanol–water partition coefficient (Wildman–Crippen LogP) is 4.86. The van der Waals surface area contributed by atoms with Crippen molar-refractivity contribution in [3.05, 3.63) is 90.0 Å². The van der Waals surface area contributed by atoms with Crippen LogP contribution in [0.15, 0.2) is 78.9 Å². The minimum Gasteiger partial charge on any atom is -0.491 e. The summed E-state index contributed by atoms with van der Waals surface area (Å²) in [4.78, 5) is 36.4. The van der Waals surface area contributed by atoms with Gasteiger partial charge in [0.2, 0.25) is 0 Å². The fourth-order valence-corrected chi connectivity index (χ4v) is 3.76. The van der Waals surface area contributed by atoms with Crippen LogP contribution in [0.2, 0.25) is 0 Å². The van der Waals surface area contributed by atoms with Gasteiger partial charge in [0.1, 0.15) is 24.2 Å². The smallest absolute Gasteiger partial charge is 0.412 e. The fraction of sp³-hybridized carbons (Fsp3) is 0.276. The van der Waals surface area contributed by atoms with Gasteiger partial charge in [0, 0.05) is 23.2 Å². The number of esters is 1. The Labute approximate surface area is 232 Å². The quantitative estimate of drug-likeness (QED) is 0.147. The predicted molar refractivity (Wildman–Crippen MR) is 149 cm³/mol. The summed E-state index contributed by atoms with van der Waals surface area (Å²) in [6, 6.07) is 22.3. The number of hydrogen-bond acceptors (Lipinski definition) is 9. The normalized spacial score (nSPS) is 12.1. The molecule has 2 atom stereocenters. The number of para-hydroxylation sites is 2. The Kier molecular flexibility index (Phi) is 11.7. The monoisotopic (exact) mass is 553 g/mol. The van der Waals surface area contributed by atoms with Gasteiger partial charge in [-0.2, -0.15) is 12.6 Å². The van der Waals surface area contributed by atoms with Crippen molar-refractivity contribution in [2.24, 2.45) is 0 Å². The number of ketones is 1. The molecule has 0 bridgehead atoms. The Bertz CT molecular complexity index is 1220. The number of hydrogen-bond donors (Lipinski definition) is 3. The average molecular weight is 554 g/mol. The van der Waals surface area contributed by atoms with Gasteiger partial charge < -0.3 is 24.1 Å². The van der Waals surface area contributed by atoms with Gasteiger partial charge in [0.25, 0.3) is 0 Å². The van der Waals surface area contributed by atoms with Crippen LogP contribution in [0, 0.1) is 0 Å². The van der Waals surface area contributed by atoms with Crippen molar-refractivity contribution in [2.75, 3.05) is 30.9 Å². The maximum atomic E-state index is 13.1. The Hall–Kier alpha value is -4.02. The van der Waals surface area contributed by atoms with Crippen molar-refractivity contribution in [3.8, 4) is 11.5 Å². The van der Waals surface area contributed by atoms with Gasteiger partial charge in [0.15, 0.2) is 11.9 Å². The van der Waals surface area contributed by atoms with Crippen molar-refractivity contribution in [1.82, 2.24) is 0 Å². The van der Waals surface area contributed by atoms with Crippen LogP contribution in [0.3, 0.4) is 0 Å². The number of rotatable bonds is 14. The van der Waals surface area contributed by atoms with Gasteiger partial charge in [-0.1, -0.05) is 36.4 Å². The molecule has 10 heteroatoms. The lowest BCUT2D eigenvalue weighted by Crippen LogP contribution is -2.32. The van der Waals surface area contributed by atoms with E-state index in [2.05, 4.69) is 17.9 Å². The van der Waals surface area contributed by atoms with E-state index >= 15 is 0 Å². The molecule has 0 spiro atoms. The Balaban J connectivity index is 1.92. The van der Waals surface area contributed by atoms with Crippen LogP contribution < -0.4 is 14.8 Å². The van der Waals surface area contributed by atoms with Gasteiger partial charge in [-0.15, -0.1) is 0 Å². The minimum absolute atomic E-state index is 0.00938. The number of carbonyl (C=O) groups excluding carboxylic acids is 3. The van der Waals surface area contributed by atoms with E-state index in [0.717, 1.165) is 0 Å². The molecule has 3 rings (SSSR count). The molecule has 0 aromatic heterocycles. The van der Waals surface area contributed by atoms with Crippen LogP contribution in [0.4, 0.5) is 10.5 Å². The zero-order valence-corrected chi connectivity index (χ0v) is 22.3. The summed E-state index contributed by atoms with van der Waals surface area (Å²) in [5.41, 5.74) is 1.43. The zero-order chi connectivity index (χ0) is 28.0. The van der Waals surface area contributed by atoms with Crippen molar-refractivity contribution in [3.63, 3.8) is 0 Å². The highest BCUT2D eigenvalue weighted by molar-refractivity contribution is 7.81. The highest BCUT2D eigenvalue weighted by Crippen LogP contribution is 2.34. The summed E-state index contributed by atoms with van der Waals surface area (Å²) < 4.78 is 23.1. The maximum absolute atomic E-state index is 13.1. The second-order valence-electron chi connectivity index (χ2n) is 8.33. The van der Waals surface area contributed by atoms with Crippen molar-refractivity contribution < 1.29 is 38.4 Å². The Morgan fingerprint density at radius 1 is 0.923 bits per heavy atom. The maximum Gasteiger partial charge on any atom is 0.412 e. The number of nitrogens with one attached hydrogen (secondary N) is 1. The number of benzene rings is 3. The lowest BCUT2D eigenvalue weighted by atomic mass is 10.0. The molecule has 0 radical (unpaired) electrons. The summed E-state index contributed by atoms with van der Waals surface area (Å²) in [5.74, 6) is 0.248. The first-order valence-corrected chi connectivity index (χ1v) is 12.9. The highest BCUT2D eigenvalue weighted by atomic mass is 32.1. The lowest BCUT2D eigenvalue weighted by Gasteiger charge is -2.29. The standard InChI is InChI=1S/C29H31NO8S/c1-20(32)21-11-13-22(14-12-21)30-29(34)38-28(24-9-5-6-10-25(24)35-18-16-31)26(15-17-36-27(33)19-39)37-23-7-3-2-4-8-23/h2-14,26,28,31,39H,15-19H2,1H3,(H,30,34)/t26-,28-/m1/s1. The second kappa shape index (κ2) is 15.4. The van der Waals surface area contributed by atoms with E-state index in [-0.39, 0.29) is 37.8 Å². The first kappa shape index (κ1) is 29.5. The molecule has 0 heterocycles. The molecule has 0 saturated carbocycles. The van der Waals surface area contributed by atoms with Crippen LogP contribution in [-0.4, -0.2) is 54.6 Å². The lowest BCUT2D eigenvalue weighted by molar-refractivity contribution is -0.141. The Morgan fingerprint density at radius 2 is 1.62 bits per heavy atom. The molecule has 39 heavy (non-hydrogen) atoms. The molecule has 0 fully saturated rings. The molecule has 9 nitrogen and oxygen atoms in total. The van der Waals surface area contributed by atoms with Gasteiger partial charge in [0.05, 0.1) is 19.0 Å². The molecular weight excluding hydrogens is 522 g/mol. The van der Waals surface area contributed by atoms with Crippen molar-refractivity contribution in [2.45, 2.75) is 25.6 Å². The van der Waals surface area contributed by atoms with E-state index < -0.39 is 24.3 Å². The summed E-state index contributed by atoms with van der Waals surface area (Å²) in [6.07, 6.45) is -2.41. The largest absolute Gasteiger partial charge is 0.491 e. The second-order valence-corrected chi connectivity index (χ2v) is 8.65. The third kappa shape index (κ3) is 9.35. The van der Waals surface area contributed by atoms with E-state index in [4.69, 9.17) is 18.9 Å². The van der Waals surface area contributed by atoms with Gasteiger partial charge in [-0.05, 0) is 49.4 Å². The van der Waals surface area contributed by atoms with E-state index in [1.165, 1.54) is 6.92 Å². The summed E-state index contributed by atoms with van der Waals surface area (Å²) in [5, 5.41) is 12.0. The highest BCUT2D eigenvalue weighted by Gasteiger charge is 2.32. The first-order chi connectivity index (χ1) is 18.9. The van der Waals surface area contributed by atoms with E-state index in [1.54, 1.807) is 72.8 Å². The summed E-state index contributed by atoms with van der Waals surface area (Å²) in [7, 11) is 0. The molecule has 2 N–H and O–H groups in total. The SMILES string of the molecule is CC(=O)c1ccc(NC(=O)O[C@H](c2ccccc2OCCO)[C@@H](CCOC(=O)CS)Oc2ccccc2)cc1. The number of aliphatic hydroxyl groups is 1. The third-order valence-electron chi connectivity index (χ3n) is 5.51. The number of amides is 1. The van der Waals surface area contributed by atoms with E-state index in [1.807, 2.05) is 6.07 Å². The number of ether oxygens (including phenoxy) is 4. The molecule has 1 amide bonds. The molecule has 206 valence electrons. The van der Waals surface area contributed by atoms with Crippen LogP contribution in [-0.2, 0) is 14.3 Å². The Morgan fingerprint density at radius 3 is 2.28 bits per heavy atom. The number of Topliss-reactive ketones (excluding diaryl/α,β-unsaturated/α-hetero) is 1. The van der Waals surface area contributed by atoms with Gasteiger partial charge in [-0.3, -0.25) is 14.9 Å². The number of carbonyl (C=O) groups is 3. The molecule has 0 saturated heterocycles. The van der Waals surface area contributed by atoms with E-state index in [9.17, 15) is 19.5 Å². The third-order valence-corrected chi connectivity index (χ3v) is 5.77. The first-order valence-electron chi connectivity index (χ1n) is 12.3. The zero-order valence-electron chi connectivity index (χ0n) is 21.4. The summed E-state index contributed by atoms with van der Waals surface area (Å²) >= 11 is 3.94. The fourth-order valence-electron chi connectivity index (χ4n) is 3.67. The van der Waals surface area contributed by atoms with E-state index in [0.29, 0.717) is 28.3 Å².